The van der Waals surface area contributed by atoms with Crippen LogP contribution >= 0.6 is 27.3 Å². The molecule has 1 aliphatic carbocycles. The molecule has 3 nitrogen and oxygen atoms in total. The number of thiophene rings is 1. The Morgan fingerprint density at radius 1 is 1.55 bits per heavy atom. The molecule has 1 aromatic rings. The lowest BCUT2D eigenvalue weighted by atomic mass is 9.72. The van der Waals surface area contributed by atoms with Crippen LogP contribution in [0.15, 0.2) is 0 Å². The Morgan fingerprint density at radius 2 is 2.23 bits per heavy atom. The molecule has 1 amide bonds. The zero-order valence-electron chi connectivity index (χ0n) is 13.6. The van der Waals surface area contributed by atoms with Crippen molar-refractivity contribution in [3.63, 3.8) is 0 Å². The van der Waals surface area contributed by atoms with E-state index in [4.69, 9.17) is 0 Å². The zero-order valence-corrected chi connectivity index (χ0v) is 16.0. The lowest BCUT2D eigenvalue weighted by molar-refractivity contribution is -0.115. The van der Waals surface area contributed by atoms with Gasteiger partial charge in [-0.1, -0.05) is 43.6 Å². The molecule has 1 heterocycles. The highest BCUT2D eigenvalue weighted by atomic mass is 79.9. The van der Waals surface area contributed by atoms with Gasteiger partial charge in [0.05, 0.1) is 10.4 Å². The largest absolute Gasteiger partial charge is 0.316 e. The van der Waals surface area contributed by atoms with Crippen LogP contribution in [-0.4, -0.2) is 10.7 Å². The van der Waals surface area contributed by atoms with Gasteiger partial charge in [-0.2, -0.15) is 5.26 Å². The van der Waals surface area contributed by atoms with Crippen LogP contribution in [-0.2, 0) is 17.6 Å². The first-order valence-electron chi connectivity index (χ1n) is 7.77. The summed E-state index contributed by atoms with van der Waals surface area (Å²) in [7, 11) is 0. The fraction of sp³-hybridized carbons (Fsp3) is 0.647. The van der Waals surface area contributed by atoms with E-state index in [1.54, 1.807) is 11.3 Å². The van der Waals surface area contributed by atoms with Gasteiger partial charge < -0.3 is 5.32 Å². The second-order valence-corrected chi connectivity index (χ2v) is 9.20. The van der Waals surface area contributed by atoms with E-state index < -0.39 is 0 Å². The van der Waals surface area contributed by atoms with Crippen molar-refractivity contribution in [3.8, 4) is 6.07 Å². The number of alkyl halides is 1. The van der Waals surface area contributed by atoms with Crippen LogP contribution < -0.4 is 5.32 Å². The maximum atomic E-state index is 12.1. The Labute approximate surface area is 145 Å². The molecular formula is C17H23BrN2OS. The van der Waals surface area contributed by atoms with Crippen LogP contribution in [0, 0.1) is 22.7 Å². The molecule has 0 saturated carbocycles. The monoisotopic (exact) mass is 382 g/mol. The number of hydrogen-bond donors (Lipinski definition) is 1. The summed E-state index contributed by atoms with van der Waals surface area (Å²) < 4.78 is 0. The number of carbonyl (C=O) groups is 1. The van der Waals surface area contributed by atoms with E-state index >= 15 is 0 Å². The quantitative estimate of drug-likeness (QED) is 0.756. The minimum absolute atomic E-state index is 0.0648. The highest BCUT2D eigenvalue weighted by Gasteiger charge is 2.32. The van der Waals surface area contributed by atoms with Gasteiger partial charge in [0.2, 0.25) is 5.91 Å². The molecule has 22 heavy (non-hydrogen) atoms. The molecule has 1 aromatic heterocycles. The predicted octanol–water partition coefficient (Wildman–Crippen LogP) is 4.88. The molecule has 2 rings (SSSR count). The Hall–Kier alpha value is -0.860. The first kappa shape index (κ1) is 17.5. The van der Waals surface area contributed by atoms with Crippen molar-refractivity contribution in [3.05, 3.63) is 16.0 Å². The van der Waals surface area contributed by atoms with Gasteiger partial charge >= 0.3 is 0 Å². The van der Waals surface area contributed by atoms with Crippen LogP contribution in [0.3, 0.4) is 0 Å². The topological polar surface area (TPSA) is 52.9 Å². The normalized spacial score (nSPS) is 19.2. The molecule has 1 N–H and O–H groups in total. The van der Waals surface area contributed by atoms with Crippen LogP contribution in [0.25, 0.3) is 0 Å². The van der Waals surface area contributed by atoms with Gasteiger partial charge in [0.1, 0.15) is 11.1 Å². The number of nitriles is 1. The van der Waals surface area contributed by atoms with Gasteiger partial charge in [0, 0.05) is 4.88 Å². The van der Waals surface area contributed by atoms with Crippen molar-refractivity contribution in [1.29, 1.82) is 5.26 Å². The number of nitrogens with zero attached hydrogens (tertiary/aromatic N) is 1. The summed E-state index contributed by atoms with van der Waals surface area (Å²) in [6.45, 7) is 8.79. The van der Waals surface area contributed by atoms with E-state index in [-0.39, 0.29) is 16.1 Å². The van der Waals surface area contributed by atoms with Gasteiger partial charge in [0.15, 0.2) is 0 Å². The summed E-state index contributed by atoms with van der Waals surface area (Å²) in [4.78, 5) is 13.2. The Morgan fingerprint density at radius 3 is 2.77 bits per heavy atom. The average Bonchev–Trinajstić information content (AvgIpc) is 2.81. The standard InChI is InChI=1S/C17H23BrN2OS/c1-5-13(18)15(21)20-16-12(9-19)11-7-6-10(17(2,3)4)8-14(11)22-16/h10,13H,5-8H2,1-4H3,(H,20,21)/t10-,13+/m1/s1. The molecular weight excluding hydrogens is 360 g/mol. The van der Waals surface area contributed by atoms with Gasteiger partial charge in [-0.05, 0) is 42.6 Å². The summed E-state index contributed by atoms with van der Waals surface area (Å²) in [5.74, 6) is 0.568. The number of carbonyl (C=O) groups excluding carboxylic acids is 1. The number of hydrogen-bond acceptors (Lipinski definition) is 3. The van der Waals surface area contributed by atoms with Gasteiger partial charge in [0.25, 0.3) is 0 Å². The summed E-state index contributed by atoms with van der Waals surface area (Å²) in [5.41, 5.74) is 2.11. The summed E-state index contributed by atoms with van der Waals surface area (Å²) in [6, 6.07) is 2.30. The number of nitrogens with one attached hydrogen (secondary N) is 1. The maximum Gasteiger partial charge on any atom is 0.238 e. The van der Waals surface area contributed by atoms with Crippen LogP contribution in [0.5, 0.6) is 0 Å². The van der Waals surface area contributed by atoms with Crippen molar-refractivity contribution < 1.29 is 4.79 Å². The minimum Gasteiger partial charge on any atom is -0.316 e. The smallest absolute Gasteiger partial charge is 0.238 e. The van der Waals surface area contributed by atoms with Crippen molar-refractivity contribution in [2.75, 3.05) is 5.32 Å². The first-order valence-corrected chi connectivity index (χ1v) is 9.50. The number of fused-ring (bicyclic) bond motifs is 1. The summed E-state index contributed by atoms with van der Waals surface area (Å²) in [5, 5.41) is 13.2. The van der Waals surface area contributed by atoms with Gasteiger partial charge in [-0.25, -0.2) is 0 Å². The molecule has 0 bridgehead atoms. The zero-order chi connectivity index (χ0) is 16.5. The molecule has 0 saturated heterocycles. The van der Waals surface area contributed by atoms with Crippen molar-refractivity contribution in [2.24, 2.45) is 11.3 Å². The molecule has 0 unspecified atom stereocenters. The van der Waals surface area contributed by atoms with E-state index in [9.17, 15) is 10.1 Å². The van der Waals surface area contributed by atoms with E-state index in [0.717, 1.165) is 36.2 Å². The molecule has 0 aliphatic heterocycles. The van der Waals surface area contributed by atoms with E-state index in [1.165, 1.54) is 4.88 Å². The van der Waals surface area contributed by atoms with Crippen LogP contribution in [0.1, 0.15) is 56.5 Å². The highest BCUT2D eigenvalue weighted by molar-refractivity contribution is 9.10. The lowest BCUT2D eigenvalue weighted by Gasteiger charge is -2.33. The van der Waals surface area contributed by atoms with E-state index in [0.29, 0.717) is 11.5 Å². The fourth-order valence-electron chi connectivity index (χ4n) is 2.91. The molecule has 0 spiro atoms. The number of halogens is 1. The molecule has 0 fully saturated rings. The molecule has 0 aromatic carbocycles. The fourth-order valence-corrected chi connectivity index (χ4v) is 4.30. The second-order valence-electron chi connectivity index (χ2n) is 6.99. The van der Waals surface area contributed by atoms with Crippen LogP contribution in [0.2, 0.25) is 0 Å². The van der Waals surface area contributed by atoms with E-state index in [2.05, 4.69) is 48.1 Å². The Bertz CT molecular complexity index is 609. The first-order chi connectivity index (χ1) is 10.3. The van der Waals surface area contributed by atoms with Crippen LogP contribution in [0.4, 0.5) is 5.00 Å². The van der Waals surface area contributed by atoms with E-state index in [1.807, 2.05) is 6.92 Å². The van der Waals surface area contributed by atoms with Gasteiger partial charge in [-0.3, -0.25) is 4.79 Å². The Kier molecular flexibility index (Phi) is 5.34. The molecule has 5 heteroatoms. The third-order valence-electron chi connectivity index (χ3n) is 4.48. The van der Waals surface area contributed by atoms with Crippen molar-refractivity contribution >= 4 is 38.2 Å². The molecule has 1 aliphatic rings. The number of rotatable bonds is 3. The van der Waals surface area contributed by atoms with Gasteiger partial charge in [-0.15, -0.1) is 11.3 Å². The summed E-state index contributed by atoms with van der Waals surface area (Å²) in [6.07, 6.45) is 3.80. The maximum absolute atomic E-state index is 12.1. The second kappa shape index (κ2) is 6.72. The SMILES string of the molecule is CC[C@H](Br)C(=O)Nc1sc2c(c1C#N)CC[C@@H](C(C)(C)C)C2. The minimum atomic E-state index is -0.208. The van der Waals surface area contributed by atoms with Crippen molar-refractivity contribution in [2.45, 2.75) is 58.2 Å². The highest BCUT2D eigenvalue weighted by Crippen LogP contribution is 2.44. The average molecular weight is 383 g/mol. The van der Waals surface area contributed by atoms with Crippen molar-refractivity contribution in [1.82, 2.24) is 0 Å². The summed E-state index contributed by atoms with van der Waals surface area (Å²) >= 11 is 4.95. The molecule has 0 radical (unpaired) electrons. The molecule has 2 atom stereocenters. The predicted molar refractivity (Wildman–Crippen MR) is 95.6 cm³/mol. The number of anilines is 1. The third-order valence-corrected chi connectivity index (χ3v) is 6.71. The molecule has 120 valence electrons. The lowest BCUT2D eigenvalue weighted by Crippen LogP contribution is -2.26. The number of amides is 1. The third kappa shape index (κ3) is 3.55. The Balaban J connectivity index is 2.27.